The lowest BCUT2D eigenvalue weighted by molar-refractivity contribution is -0.121. The first-order valence-electron chi connectivity index (χ1n) is 6.19. The lowest BCUT2D eigenvalue weighted by Crippen LogP contribution is -2.36. The fraction of sp³-hybridized carbons (Fsp3) is 0.462. The van der Waals surface area contributed by atoms with Crippen LogP contribution in [0.15, 0.2) is 17.8 Å². The number of anilines is 1. The van der Waals surface area contributed by atoms with Crippen LogP contribution >= 0.6 is 11.3 Å². The van der Waals surface area contributed by atoms with Gasteiger partial charge in [-0.1, -0.05) is 0 Å². The van der Waals surface area contributed by atoms with Gasteiger partial charge in [0.25, 0.3) is 0 Å². The number of rotatable bonds is 2. The molecule has 3 heterocycles. The van der Waals surface area contributed by atoms with Crippen molar-refractivity contribution in [3.05, 3.63) is 17.8 Å². The van der Waals surface area contributed by atoms with Gasteiger partial charge in [-0.3, -0.25) is 4.79 Å². The number of aromatic nitrogens is 2. The molecular weight excluding hydrogens is 246 g/mol. The number of fused-ring (bicyclic) bond motifs is 1. The van der Waals surface area contributed by atoms with Gasteiger partial charge >= 0.3 is 0 Å². The Morgan fingerprint density at radius 1 is 1.39 bits per heavy atom. The van der Waals surface area contributed by atoms with Gasteiger partial charge < -0.3 is 4.90 Å². The highest BCUT2D eigenvalue weighted by atomic mass is 32.1. The predicted octanol–water partition coefficient (Wildman–Crippen LogP) is 2.50. The van der Waals surface area contributed by atoms with Crippen LogP contribution in [-0.4, -0.2) is 28.8 Å². The molecule has 18 heavy (non-hydrogen) atoms. The molecule has 0 amide bonds. The summed E-state index contributed by atoms with van der Waals surface area (Å²) in [5.41, 5.74) is 0. The monoisotopic (exact) mass is 261 g/mol. The number of thiophene rings is 1. The summed E-state index contributed by atoms with van der Waals surface area (Å²) in [4.78, 5) is 23.4. The molecule has 94 valence electrons. The average molecular weight is 261 g/mol. The molecule has 2 aromatic rings. The number of Topliss-reactive ketones (excluding diaryl/α,β-unsaturated/α-hetero) is 1. The maximum Gasteiger partial charge on any atom is 0.140 e. The van der Waals surface area contributed by atoms with Crippen LogP contribution in [0.5, 0.6) is 0 Å². The summed E-state index contributed by atoms with van der Waals surface area (Å²) in [6, 6.07) is 2.08. The van der Waals surface area contributed by atoms with Crippen molar-refractivity contribution in [2.75, 3.05) is 18.0 Å². The van der Waals surface area contributed by atoms with Crippen molar-refractivity contribution in [3.63, 3.8) is 0 Å². The Labute approximate surface area is 110 Å². The molecule has 0 N–H and O–H groups in total. The molecule has 0 aromatic carbocycles. The SMILES string of the molecule is CC(=O)C1CCN(c2ncnc3sccc23)CC1. The Balaban J connectivity index is 1.84. The standard InChI is InChI=1S/C13H15N3OS/c1-9(17)10-2-5-16(6-3-10)12-11-4-7-18-13(11)15-8-14-12/h4,7-8,10H,2-3,5-6H2,1H3. The molecule has 1 aliphatic heterocycles. The smallest absolute Gasteiger partial charge is 0.140 e. The van der Waals surface area contributed by atoms with Crippen molar-refractivity contribution >= 4 is 33.2 Å². The van der Waals surface area contributed by atoms with Gasteiger partial charge in [0.05, 0.1) is 5.39 Å². The van der Waals surface area contributed by atoms with E-state index in [2.05, 4.69) is 20.9 Å². The summed E-state index contributed by atoms with van der Waals surface area (Å²) < 4.78 is 0. The highest BCUT2D eigenvalue weighted by Gasteiger charge is 2.24. The predicted molar refractivity (Wildman–Crippen MR) is 73.0 cm³/mol. The lowest BCUT2D eigenvalue weighted by Gasteiger charge is -2.31. The number of ketones is 1. The molecule has 1 aliphatic rings. The van der Waals surface area contributed by atoms with Crippen molar-refractivity contribution in [2.45, 2.75) is 19.8 Å². The summed E-state index contributed by atoms with van der Waals surface area (Å²) in [6.07, 6.45) is 3.50. The Morgan fingerprint density at radius 3 is 2.89 bits per heavy atom. The third-order valence-corrected chi connectivity index (χ3v) is 4.43. The Kier molecular flexibility index (Phi) is 2.99. The van der Waals surface area contributed by atoms with Crippen molar-refractivity contribution in [3.8, 4) is 0 Å². The van der Waals surface area contributed by atoms with Gasteiger partial charge in [0.2, 0.25) is 0 Å². The van der Waals surface area contributed by atoms with E-state index in [1.54, 1.807) is 24.6 Å². The van der Waals surface area contributed by atoms with Gasteiger partial charge in [-0.15, -0.1) is 11.3 Å². The summed E-state index contributed by atoms with van der Waals surface area (Å²) >= 11 is 1.64. The molecule has 3 rings (SSSR count). The van der Waals surface area contributed by atoms with E-state index in [4.69, 9.17) is 0 Å². The van der Waals surface area contributed by atoms with E-state index in [1.807, 2.05) is 5.38 Å². The summed E-state index contributed by atoms with van der Waals surface area (Å²) in [5.74, 6) is 1.57. The zero-order valence-electron chi connectivity index (χ0n) is 10.3. The third kappa shape index (κ3) is 1.99. The Morgan fingerprint density at radius 2 is 2.17 bits per heavy atom. The normalized spacial score (nSPS) is 17.3. The molecule has 0 radical (unpaired) electrons. The molecule has 0 aliphatic carbocycles. The van der Waals surface area contributed by atoms with Gasteiger partial charge in [0.1, 0.15) is 22.8 Å². The van der Waals surface area contributed by atoms with E-state index in [-0.39, 0.29) is 5.92 Å². The number of carbonyl (C=O) groups is 1. The van der Waals surface area contributed by atoms with Crippen molar-refractivity contribution in [2.24, 2.45) is 5.92 Å². The van der Waals surface area contributed by atoms with Gasteiger partial charge in [-0.05, 0) is 31.2 Å². The first-order valence-corrected chi connectivity index (χ1v) is 7.07. The zero-order valence-corrected chi connectivity index (χ0v) is 11.1. The van der Waals surface area contributed by atoms with Crippen LogP contribution in [0.3, 0.4) is 0 Å². The number of nitrogens with zero attached hydrogens (tertiary/aromatic N) is 3. The fourth-order valence-electron chi connectivity index (χ4n) is 2.53. The van der Waals surface area contributed by atoms with E-state index < -0.39 is 0 Å². The number of piperidine rings is 1. The minimum Gasteiger partial charge on any atom is -0.356 e. The van der Waals surface area contributed by atoms with E-state index >= 15 is 0 Å². The van der Waals surface area contributed by atoms with Crippen LogP contribution < -0.4 is 4.90 Å². The molecule has 0 unspecified atom stereocenters. The highest BCUT2D eigenvalue weighted by molar-refractivity contribution is 7.16. The van der Waals surface area contributed by atoms with Crippen molar-refractivity contribution in [1.29, 1.82) is 0 Å². The van der Waals surface area contributed by atoms with Crippen LogP contribution in [-0.2, 0) is 4.79 Å². The summed E-state index contributed by atoms with van der Waals surface area (Å²) in [7, 11) is 0. The zero-order chi connectivity index (χ0) is 12.5. The van der Waals surface area contributed by atoms with Crippen LogP contribution in [0.25, 0.3) is 10.2 Å². The second kappa shape index (κ2) is 4.65. The average Bonchev–Trinajstić information content (AvgIpc) is 2.87. The van der Waals surface area contributed by atoms with Crippen molar-refractivity contribution in [1.82, 2.24) is 9.97 Å². The minimum absolute atomic E-state index is 0.237. The van der Waals surface area contributed by atoms with E-state index in [0.717, 1.165) is 42.0 Å². The third-order valence-electron chi connectivity index (χ3n) is 3.61. The Bertz CT molecular complexity index is 572. The number of hydrogen-bond donors (Lipinski definition) is 0. The molecule has 1 saturated heterocycles. The molecule has 2 aromatic heterocycles. The van der Waals surface area contributed by atoms with Crippen LogP contribution in [0.1, 0.15) is 19.8 Å². The molecule has 0 bridgehead atoms. The van der Waals surface area contributed by atoms with Gasteiger partial charge in [0.15, 0.2) is 0 Å². The maximum atomic E-state index is 11.4. The number of carbonyl (C=O) groups excluding carboxylic acids is 1. The largest absolute Gasteiger partial charge is 0.356 e. The van der Waals surface area contributed by atoms with E-state index in [0.29, 0.717) is 5.78 Å². The molecular formula is C13H15N3OS. The first-order chi connectivity index (χ1) is 8.75. The quantitative estimate of drug-likeness (QED) is 0.833. The Hall–Kier alpha value is -1.49. The van der Waals surface area contributed by atoms with Gasteiger partial charge in [-0.25, -0.2) is 9.97 Å². The molecule has 5 heteroatoms. The molecule has 0 atom stereocenters. The number of hydrogen-bond acceptors (Lipinski definition) is 5. The van der Waals surface area contributed by atoms with Gasteiger partial charge in [-0.2, -0.15) is 0 Å². The molecule has 1 fully saturated rings. The van der Waals surface area contributed by atoms with Gasteiger partial charge in [0, 0.05) is 19.0 Å². The van der Waals surface area contributed by atoms with E-state index in [1.165, 1.54) is 0 Å². The molecule has 0 spiro atoms. The first kappa shape index (κ1) is 11.6. The minimum atomic E-state index is 0.237. The molecule has 4 nitrogen and oxygen atoms in total. The maximum absolute atomic E-state index is 11.4. The fourth-order valence-corrected chi connectivity index (χ4v) is 3.25. The second-order valence-corrected chi connectivity index (χ2v) is 5.60. The summed E-state index contributed by atoms with van der Waals surface area (Å²) in [5, 5.41) is 3.18. The van der Waals surface area contributed by atoms with Crippen LogP contribution in [0.2, 0.25) is 0 Å². The van der Waals surface area contributed by atoms with Crippen LogP contribution in [0.4, 0.5) is 5.82 Å². The second-order valence-electron chi connectivity index (χ2n) is 4.71. The topological polar surface area (TPSA) is 46.1 Å². The van der Waals surface area contributed by atoms with Crippen molar-refractivity contribution < 1.29 is 4.79 Å². The van der Waals surface area contributed by atoms with E-state index in [9.17, 15) is 4.79 Å². The lowest BCUT2D eigenvalue weighted by atomic mass is 9.93. The van der Waals surface area contributed by atoms with Crippen LogP contribution in [0, 0.1) is 5.92 Å². The molecule has 0 saturated carbocycles. The summed E-state index contributed by atoms with van der Waals surface area (Å²) in [6.45, 7) is 3.51. The highest BCUT2D eigenvalue weighted by Crippen LogP contribution is 2.29.